The normalized spacial score (nSPS) is 14.0. The maximum Gasteiger partial charge on any atom is 0.344 e. The fraction of sp³-hybridized carbons (Fsp3) is 0.298. The van der Waals surface area contributed by atoms with Crippen molar-refractivity contribution in [2.45, 2.75) is 259 Å². The Kier molecular flexibility index (Phi) is 45.2. The van der Waals surface area contributed by atoms with Crippen LogP contribution in [0.2, 0.25) is 0 Å². The van der Waals surface area contributed by atoms with Gasteiger partial charge in [0.15, 0.2) is 27.9 Å². The van der Waals surface area contributed by atoms with E-state index in [1.165, 1.54) is 104 Å². The van der Waals surface area contributed by atoms with E-state index in [1.807, 2.05) is 158 Å². The highest BCUT2D eigenvalue weighted by atomic mass is 32.2. The summed E-state index contributed by atoms with van der Waals surface area (Å²) in [5.74, 6) is 6.95. The molecule has 0 bridgehead atoms. The average molecular weight is 2020 g/mol. The third kappa shape index (κ3) is 35.0. The number of aromatic hydroxyl groups is 2. The van der Waals surface area contributed by atoms with Gasteiger partial charge in [0.2, 0.25) is 12.6 Å². The number of carbonyl (C=O) groups is 2. The van der Waals surface area contributed by atoms with Crippen LogP contribution in [0, 0.1) is 0 Å². The van der Waals surface area contributed by atoms with E-state index in [0.29, 0.717) is 77.3 Å². The monoisotopic (exact) mass is 2020 g/mol. The van der Waals surface area contributed by atoms with Crippen molar-refractivity contribution in [3.05, 3.63) is 433 Å². The van der Waals surface area contributed by atoms with Crippen molar-refractivity contribution in [3.8, 4) is 46.0 Å². The Morgan fingerprint density at radius 3 is 0.905 bits per heavy atom. The summed E-state index contributed by atoms with van der Waals surface area (Å²) in [7, 11) is -4.76. The second-order valence-corrected chi connectivity index (χ2v) is 41.3. The number of fused-ring (bicyclic) bond motifs is 3. The predicted octanol–water partition coefficient (Wildman–Crippen LogP) is 34.1. The molecule has 0 spiro atoms. The molecule has 148 heavy (non-hydrogen) atoms. The second-order valence-electron chi connectivity index (χ2n) is 37.9. The summed E-state index contributed by atoms with van der Waals surface area (Å²) in [6, 6.07) is 126. The SMILES string of the molecule is CCC(C)c1ccc(O)cc1.CCC(C)c1ccc(O)cc1.CCC(C)c1ccc(OC(=O)c2cccc3ccccc23)cc1.CCC(C)c1ccc(OC(=O)c2ccccc2S(=O)(=O)[O-])cc1.CCC(C)c1ccc(OC(COc2cccc3ccccc23)OC2CCCC2)cc1.CCC(C)c1ccc(OC(COc2cccc3ccccc23)OC2CCCCC2)cc1.c1ccc([S+](c2ccccc2)c2ccccc2)cc1. The fourth-order valence-electron chi connectivity index (χ4n) is 17.3. The third-order valence-corrected chi connectivity index (χ3v) is 30.6. The highest BCUT2D eigenvalue weighted by Crippen LogP contribution is 2.37. The maximum absolute atomic E-state index is 12.5. The minimum Gasteiger partial charge on any atom is -0.744 e. The van der Waals surface area contributed by atoms with E-state index in [0.717, 1.165) is 120 Å². The average Bonchev–Trinajstić information content (AvgIpc) is 0.881. The van der Waals surface area contributed by atoms with E-state index in [4.69, 9.17) is 48.1 Å². The molecule has 17 heteroatoms. The van der Waals surface area contributed by atoms with Crippen molar-refractivity contribution in [2.75, 3.05) is 13.2 Å². The lowest BCUT2D eigenvalue weighted by Gasteiger charge is -2.28. The summed E-state index contributed by atoms with van der Waals surface area (Å²) in [4.78, 5) is 28.1. The molecule has 2 aliphatic carbocycles. The summed E-state index contributed by atoms with van der Waals surface area (Å²) in [6.07, 6.45) is 16.9. The first-order valence-corrected chi connectivity index (χ1v) is 55.2. The number of esters is 2. The molecule has 0 radical (unpaired) electrons. The molecule has 18 rings (SSSR count). The Labute approximate surface area is 881 Å². The Morgan fingerprint density at radius 2 is 0.568 bits per heavy atom. The number of hydrogen-bond donors (Lipinski definition) is 2. The van der Waals surface area contributed by atoms with Crippen LogP contribution in [-0.2, 0) is 30.5 Å². The molecule has 15 nitrogen and oxygen atoms in total. The number of phenols is 2. The number of benzene rings is 16. The maximum atomic E-state index is 12.5. The van der Waals surface area contributed by atoms with Crippen molar-refractivity contribution in [1.82, 2.24) is 0 Å². The van der Waals surface area contributed by atoms with E-state index < -0.39 is 33.6 Å². The summed E-state index contributed by atoms with van der Waals surface area (Å²) in [5.41, 5.74) is 7.97. The van der Waals surface area contributed by atoms with Crippen molar-refractivity contribution >= 4 is 65.3 Å². The molecule has 2 aliphatic rings. The van der Waals surface area contributed by atoms with Gasteiger partial charge in [-0.25, -0.2) is 18.0 Å². The van der Waals surface area contributed by atoms with Crippen molar-refractivity contribution < 1.29 is 70.7 Å². The first-order valence-electron chi connectivity index (χ1n) is 52.6. The lowest BCUT2D eigenvalue weighted by atomic mass is 9.98. The van der Waals surface area contributed by atoms with Gasteiger partial charge >= 0.3 is 11.9 Å². The number of phenolic OH excluding ortho intramolecular Hbond substituents is 2. The van der Waals surface area contributed by atoms with Gasteiger partial charge in [-0.1, -0.05) is 364 Å². The van der Waals surface area contributed by atoms with E-state index in [9.17, 15) is 22.6 Å². The molecule has 8 atom stereocenters. The van der Waals surface area contributed by atoms with E-state index >= 15 is 0 Å². The van der Waals surface area contributed by atoms with Crippen molar-refractivity contribution in [1.29, 1.82) is 0 Å². The van der Waals surface area contributed by atoms with Crippen LogP contribution in [0.4, 0.5) is 0 Å². The van der Waals surface area contributed by atoms with Gasteiger partial charge in [-0.2, -0.15) is 0 Å². The molecule has 16 aromatic carbocycles. The number of ether oxygens (including phenoxy) is 8. The van der Waals surface area contributed by atoms with Crippen LogP contribution in [0.3, 0.4) is 0 Å². The molecule has 772 valence electrons. The van der Waals surface area contributed by atoms with Gasteiger partial charge in [-0.15, -0.1) is 0 Å². The van der Waals surface area contributed by atoms with E-state index in [1.54, 1.807) is 42.5 Å². The largest absolute Gasteiger partial charge is 0.744 e. The van der Waals surface area contributed by atoms with Crippen molar-refractivity contribution in [2.24, 2.45) is 0 Å². The van der Waals surface area contributed by atoms with Gasteiger partial charge in [0.05, 0.1) is 39.1 Å². The first kappa shape index (κ1) is 113. The molecule has 0 saturated heterocycles. The first-order chi connectivity index (χ1) is 71.9. The predicted molar refractivity (Wildman–Crippen MR) is 603 cm³/mol. The van der Waals surface area contributed by atoms with Crippen LogP contribution in [0.5, 0.6) is 46.0 Å². The van der Waals surface area contributed by atoms with Crippen LogP contribution >= 0.6 is 0 Å². The van der Waals surface area contributed by atoms with Crippen LogP contribution in [0.15, 0.2) is 408 Å². The minimum absolute atomic E-state index is 0.0146. The molecule has 2 fully saturated rings. The summed E-state index contributed by atoms with van der Waals surface area (Å²) < 4.78 is 81.9. The van der Waals surface area contributed by atoms with E-state index in [-0.39, 0.29) is 34.6 Å². The zero-order chi connectivity index (χ0) is 105. The fourth-order valence-corrected chi connectivity index (χ4v) is 20.0. The molecule has 0 aromatic heterocycles. The lowest BCUT2D eigenvalue weighted by Crippen LogP contribution is -2.33. The molecule has 0 aliphatic heterocycles. The quantitative estimate of drug-likeness (QED) is 0.0126. The molecule has 8 unspecified atom stereocenters. The summed E-state index contributed by atoms with van der Waals surface area (Å²) in [6.45, 7) is 26.9. The smallest absolute Gasteiger partial charge is 0.344 e. The summed E-state index contributed by atoms with van der Waals surface area (Å²) >= 11 is 0. The van der Waals surface area contributed by atoms with Gasteiger partial charge < -0.3 is 52.7 Å². The number of hydrogen-bond acceptors (Lipinski definition) is 15. The van der Waals surface area contributed by atoms with Crippen LogP contribution in [-0.4, -0.2) is 73.1 Å². The molecular formula is C131H146O15S2. The minimum atomic E-state index is -4.74. The number of carbonyl (C=O) groups excluding carboxylic acids is 2. The van der Waals surface area contributed by atoms with Crippen LogP contribution in [0.25, 0.3) is 32.3 Å². The highest BCUT2D eigenvalue weighted by Gasteiger charge is 2.30. The third-order valence-electron chi connectivity index (χ3n) is 27.5. The topological polar surface area (TPSA) is 206 Å². The standard InChI is InChI=1S/C28H34O3.C27H32O3.C21H20O2.C18H15S.C17H18O5S.2C10H14O/c1-3-21(2)22-16-18-25(19-17-22)31-28(30-24-12-5-4-6-13-24)20-29-27-15-9-11-23-10-7-8-14-26(23)27;1-3-20(2)21-15-17-24(18-16-21)30-27(29-23-11-5-6-12-23)19-28-26-14-8-10-22-9-4-7-13-25(22)26;1-3-15(2)16-11-13-18(14-12-16)23-21(22)20-10-6-8-17-7-4-5-9-19(17)20;1-4-10-16(11-5-1)19(17-12-6-2-7-13-17)18-14-8-3-9-15-18;1-3-12(2)13-8-10-14(11-9-13)22-17(18)15-6-4-5-7-16(15)23(19,20)21;2*1-3-8(2)9-4-6-10(11)7-5-9/h7-11,14-19,21,24,28H,3-6,12-13,20H2,1-2H3;4,7-10,13-18,20,23,27H,3,5-6,11-12,19H2,1-2H3;4-15H,3H2,1-2H3;1-15H;4-12H,3H2,1-2H3,(H,19,20,21);2*4-8,11H,3H2,1-2H3/q;;;+1;;;/p-1. The van der Waals surface area contributed by atoms with Gasteiger partial charge in [0, 0.05) is 10.8 Å². The van der Waals surface area contributed by atoms with Gasteiger partial charge in [0.1, 0.15) is 56.1 Å². The Balaban J connectivity index is 0.000000157. The highest BCUT2D eigenvalue weighted by molar-refractivity contribution is 7.97. The molecular weight excluding hydrogens is 1880 g/mol. The van der Waals surface area contributed by atoms with Crippen LogP contribution < -0.4 is 28.4 Å². The Hall–Kier alpha value is -13.8. The van der Waals surface area contributed by atoms with Crippen LogP contribution in [0.1, 0.15) is 269 Å². The molecule has 0 heterocycles. The van der Waals surface area contributed by atoms with Gasteiger partial charge in [0.25, 0.3) is 0 Å². The zero-order valence-corrected chi connectivity index (χ0v) is 89.4. The van der Waals surface area contributed by atoms with Crippen molar-refractivity contribution in [3.63, 3.8) is 0 Å². The van der Waals surface area contributed by atoms with E-state index in [2.05, 4.69) is 247 Å². The molecule has 16 aromatic rings. The van der Waals surface area contributed by atoms with Gasteiger partial charge in [-0.3, -0.25) is 0 Å². The lowest BCUT2D eigenvalue weighted by molar-refractivity contribution is -0.143. The molecule has 2 N–H and O–H groups in total. The Bertz CT molecular complexity index is 6580. The summed E-state index contributed by atoms with van der Waals surface area (Å²) in [5, 5.41) is 24.5. The second kappa shape index (κ2) is 59.3. The number of rotatable bonds is 34. The molecule has 2 saturated carbocycles. The molecule has 0 amide bonds. The zero-order valence-electron chi connectivity index (χ0n) is 87.8. The van der Waals surface area contributed by atoms with Gasteiger partial charge in [-0.05, 0) is 294 Å². The Morgan fingerprint density at radius 1 is 0.304 bits per heavy atom.